The number of nitrogens with zero attached hydrogens (tertiary/aromatic N) is 2. The maximum absolute atomic E-state index is 5.78. The van der Waals surface area contributed by atoms with Gasteiger partial charge in [-0.3, -0.25) is 0 Å². The monoisotopic (exact) mass is 264 g/mol. The third kappa shape index (κ3) is 6.33. The molecule has 1 aliphatic rings. The molecule has 4 heteroatoms. The van der Waals surface area contributed by atoms with E-state index in [0.717, 1.165) is 12.4 Å². The Hall–Kier alpha value is 0.560. The number of halogens is 1. The molecule has 0 radical (unpaired) electrons. The highest BCUT2D eigenvalue weighted by Crippen LogP contribution is 2.06. The number of thioether (sulfide) groups is 1. The van der Waals surface area contributed by atoms with E-state index in [2.05, 4.69) is 28.5 Å². The molecule has 0 spiro atoms. The second-order valence-corrected chi connectivity index (χ2v) is 6.05. The Morgan fingerprint density at radius 1 is 1.06 bits per heavy atom. The van der Waals surface area contributed by atoms with Gasteiger partial charge in [-0.25, -0.2) is 0 Å². The zero-order chi connectivity index (χ0) is 11.6. The van der Waals surface area contributed by atoms with Crippen LogP contribution in [0.25, 0.3) is 0 Å². The SMILES string of the molecule is CCSCCCN1CCCN(CCCl)CC1. The molecule has 2 nitrogen and oxygen atoms in total. The lowest BCUT2D eigenvalue weighted by Gasteiger charge is -2.20. The van der Waals surface area contributed by atoms with Crippen LogP contribution < -0.4 is 0 Å². The minimum absolute atomic E-state index is 0.771. The fraction of sp³-hybridized carbons (Fsp3) is 1.00. The van der Waals surface area contributed by atoms with Crippen molar-refractivity contribution in [3.8, 4) is 0 Å². The summed E-state index contributed by atoms with van der Waals surface area (Å²) in [5.41, 5.74) is 0. The summed E-state index contributed by atoms with van der Waals surface area (Å²) >= 11 is 7.84. The fourth-order valence-corrected chi connectivity index (χ4v) is 2.99. The highest BCUT2D eigenvalue weighted by atomic mass is 35.5. The number of hydrogen-bond acceptors (Lipinski definition) is 3. The third-order valence-corrected chi connectivity index (χ3v) is 4.20. The van der Waals surface area contributed by atoms with Crippen molar-refractivity contribution in [3.05, 3.63) is 0 Å². The molecule has 0 aromatic heterocycles. The molecular weight excluding hydrogens is 240 g/mol. The van der Waals surface area contributed by atoms with Gasteiger partial charge in [0.1, 0.15) is 0 Å². The second-order valence-electron chi connectivity index (χ2n) is 4.28. The lowest BCUT2D eigenvalue weighted by Crippen LogP contribution is -2.32. The van der Waals surface area contributed by atoms with Crippen LogP contribution in [0.4, 0.5) is 0 Å². The first-order valence-electron chi connectivity index (χ1n) is 6.45. The van der Waals surface area contributed by atoms with Gasteiger partial charge in [0.15, 0.2) is 0 Å². The Labute approximate surface area is 110 Å². The van der Waals surface area contributed by atoms with Crippen LogP contribution in [-0.2, 0) is 0 Å². The van der Waals surface area contributed by atoms with Crippen LogP contribution in [-0.4, -0.2) is 66.5 Å². The van der Waals surface area contributed by atoms with Gasteiger partial charge in [-0.15, -0.1) is 11.6 Å². The predicted molar refractivity (Wildman–Crippen MR) is 75.8 cm³/mol. The van der Waals surface area contributed by atoms with Gasteiger partial charge in [0.05, 0.1) is 0 Å². The number of hydrogen-bond donors (Lipinski definition) is 0. The molecular formula is C12H25ClN2S. The van der Waals surface area contributed by atoms with Gasteiger partial charge < -0.3 is 9.80 Å². The van der Waals surface area contributed by atoms with Crippen LogP contribution in [0.1, 0.15) is 19.8 Å². The molecule has 0 unspecified atom stereocenters. The maximum atomic E-state index is 5.78. The first kappa shape index (κ1) is 14.6. The normalized spacial score (nSPS) is 19.9. The summed E-state index contributed by atoms with van der Waals surface area (Å²) in [6.07, 6.45) is 2.64. The second kappa shape index (κ2) is 9.58. The molecule has 16 heavy (non-hydrogen) atoms. The van der Waals surface area contributed by atoms with Gasteiger partial charge in [0.2, 0.25) is 0 Å². The van der Waals surface area contributed by atoms with E-state index in [1.54, 1.807) is 0 Å². The van der Waals surface area contributed by atoms with Gasteiger partial charge in [0, 0.05) is 25.5 Å². The van der Waals surface area contributed by atoms with E-state index in [1.165, 1.54) is 57.1 Å². The van der Waals surface area contributed by atoms with E-state index in [0.29, 0.717) is 0 Å². The van der Waals surface area contributed by atoms with Crippen LogP contribution in [0, 0.1) is 0 Å². The third-order valence-electron chi connectivity index (χ3n) is 3.05. The highest BCUT2D eigenvalue weighted by molar-refractivity contribution is 7.99. The Bertz CT molecular complexity index is 169. The van der Waals surface area contributed by atoms with Gasteiger partial charge in [0.25, 0.3) is 0 Å². The highest BCUT2D eigenvalue weighted by Gasteiger charge is 2.13. The molecule has 0 aliphatic carbocycles. The van der Waals surface area contributed by atoms with Crippen molar-refractivity contribution in [3.63, 3.8) is 0 Å². The summed E-state index contributed by atoms with van der Waals surface area (Å²) in [5, 5.41) is 0. The van der Waals surface area contributed by atoms with E-state index < -0.39 is 0 Å². The van der Waals surface area contributed by atoms with E-state index in [-0.39, 0.29) is 0 Å². The van der Waals surface area contributed by atoms with Gasteiger partial charge in [-0.05, 0) is 44.0 Å². The molecule has 0 aromatic carbocycles. The molecule has 1 fully saturated rings. The Balaban J connectivity index is 2.10. The van der Waals surface area contributed by atoms with Gasteiger partial charge >= 0.3 is 0 Å². The smallest absolute Gasteiger partial charge is 0.0351 e. The maximum Gasteiger partial charge on any atom is 0.0351 e. The van der Waals surface area contributed by atoms with E-state index in [9.17, 15) is 0 Å². The quantitative estimate of drug-likeness (QED) is 0.515. The molecule has 0 saturated carbocycles. The molecule has 1 aliphatic heterocycles. The van der Waals surface area contributed by atoms with Crippen molar-refractivity contribution in [2.75, 3.05) is 56.7 Å². The van der Waals surface area contributed by atoms with Crippen molar-refractivity contribution >= 4 is 23.4 Å². The van der Waals surface area contributed by atoms with E-state index >= 15 is 0 Å². The van der Waals surface area contributed by atoms with Crippen LogP contribution in [0.2, 0.25) is 0 Å². The Morgan fingerprint density at radius 3 is 2.38 bits per heavy atom. The van der Waals surface area contributed by atoms with Crippen LogP contribution in [0.5, 0.6) is 0 Å². The molecule has 0 N–H and O–H groups in total. The van der Waals surface area contributed by atoms with Crippen molar-refractivity contribution in [1.82, 2.24) is 9.80 Å². The lowest BCUT2D eigenvalue weighted by atomic mass is 10.3. The van der Waals surface area contributed by atoms with Crippen LogP contribution in [0.3, 0.4) is 0 Å². The molecule has 1 rings (SSSR count). The minimum atomic E-state index is 0.771. The standard InChI is InChI=1S/C12H25ClN2S/c1-2-16-12-4-8-14-6-3-7-15(9-5-13)11-10-14/h2-12H2,1H3. The fourth-order valence-electron chi connectivity index (χ4n) is 2.13. The topological polar surface area (TPSA) is 6.48 Å². The minimum Gasteiger partial charge on any atom is -0.302 e. The zero-order valence-electron chi connectivity index (χ0n) is 10.5. The van der Waals surface area contributed by atoms with Crippen molar-refractivity contribution in [1.29, 1.82) is 0 Å². The van der Waals surface area contributed by atoms with Crippen LogP contribution in [0.15, 0.2) is 0 Å². The summed E-state index contributed by atoms with van der Waals surface area (Å²) in [4.78, 5) is 5.11. The summed E-state index contributed by atoms with van der Waals surface area (Å²) in [5.74, 6) is 3.34. The van der Waals surface area contributed by atoms with Crippen LogP contribution >= 0.6 is 23.4 Å². The summed E-state index contributed by atoms with van der Waals surface area (Å²) in [6, 6.07) is 0. The first-order valence-corrected chi connectivity index (χ1v) is 8.14. The van der Waals surface area contributed by atoms with E-state index in [4.69, 9.17) is 11.6 Å². The molecule has 1 saturated heterocycles. The predicted octanol–water partition coefficient (Wildman–Crippen LogP) is 2.38. The first-order chi connectivity index (χ1) is 7.86. The number of alkyl halides is 1. The molecule has 0 aromatic rings. The molecule has 0 bridgehead atoms. The summed E-state index contributed by atoms with van der Waals surface area (Å²) < 4.78 is 0. The molecule has 1 heterocycles. The molecule has 96 valence electrons. The Kier molecular flexibility index (Phi) is 8.75. The zero-order valence-corrected chi connectivity index (χ0v) is 12.0. The average Bonchev–Trinajstić information content (AvgIpc) is 2.51. The van der Waals surface area contributed by atoms with Crippen molar-refractivity contribution in [2.45, 2.75) is 19.8 Å². The summed E-state index contributed by atoms with van der Waals surface area (Å²) in [7, 11) is 0. The van der Waals surface area contributed by atoms with Gasteiger partial charge in [-0.1, -0.05) is 6.92 Å². The average molecular weight is 265 g/mol. The lowest BCUT2D eigenvalue weighted by molar-refractivity contribution is 0.264. The number of rotatable bonds is 7. The molecule has 0 atom stereocenters. The van der Waals surface area contributed by atoms with E-state index in [1.807, 2.05) is 0 Å². The largest absolute Gasteiger partial charge is 0.302 e. The molecule has 0 amide bonds. The Morgan fingerprint density at radius 2 is 1.75 bits per heavy atom. The van der Waals surface area contributed by atoms with Gasteiger partial charge in [-0.2, -0.15) is 11.8 Å². The van der Waals surface area contributed by atoms with Crippen molar-refractivity contribution < 1.29 is 0 Å². The van der Waals surface area contributed by atoms with Crippen molar-refractivity contribution in [2.24, 2.45) is 0 Å². The summed E-state index contributed by atoms with van der Waals surface area (Å²) in [6.45, 7) is 9.51.